The third-order valence-electron chi connectivity index (χ3n) is 3.74. The summed E-state index contributed by atoms with van der Waals surface area (Å²) >= 11 is 11.7. The molecule has 1 saturated carbocycles. The Hall–Kier alpha value is -1.28. The van der Waals surface area contributed by atoms with E-state index in [1.54, 1.807) is 18.2 Å². The lowest BCUT2D eigenvalue weighted by Crippen LogP contribution is -2.36. The van der Waals surface area contributed by atoms with Crippen LogP contribution in [-0.4, -0.2) is 16.6 Å². The smallest absolute Gasteiger partial charge is 0.224 e. The van der Waals surface area contributed by atoms with Gasteiger partial charge in [-0.05, 0) is 30.5 Å². The molecule has 0 radical (unpaired) electrons. The van der Waals surface area contributed by atoms with Crippen molar-refractivity contribution < 1.29 is 9.90 Å². The number of nitrogens with one attached hydrogen (secondary N) is 1. The molecule has 1 aromatic carbocycles. The summed E-state index contributed by atoms with van der Waals surface area (Å²) in [6.45, 7) is 0. The average molecular weight is 327 g/mol. The number of carbonyl (C=O) groups is 1. The standard InChI is InChI=1S/C15H16Cl2N2O2/c16-11-4-3-10(7-12(11)17)13(9-18)19-14(20)8-15(21)5-1-2-6-15/h3-4,7,13,21H,1-2,5-6,8H2,(H,19,20). The zero-order valence-corrected chi connectivity index (χ0v) is 12.9. The second kappa shape index (κ2) is 6.65. The SMILES string of the molecule is N#CC(NC(=O)CC1(O)CCCC1)c1ccc(Cl)c(Cl)c1. The Kier molecular flexibility index (Phi) is 5.10. The molecule has 1 aliphatic rings. The molecule has 0 heterocycles. The number of aliphatic hydroxyl groups is 1. The highest BCUT2D eigenvalue weighted by atomic mass is 35.5. The van der Waals surface area contributed by atoms with Gasteiger partial charge in [-0.3, -0.25) is 4.79 Å². The Morgan fingerprint density at radius 3 is 2.62 bits per heavy atom. The lowest BCUT2D eigenvalue weighted by Gasteiger charge is -2.22. The molecule has 1 atom stereocenters. The van der Waals surface area contributed by atoms with Crippen LogP contribution in [0.5, 0.6) is 0 Å². The van der Waals surface area contributed by atoms with E-state index in [1.807, 2.05) is 6.07 Å². The molecule has 0 aromatic heterocycles. The maximum absolute atomic E-state index is 12.0. The highest BCUT2D eigenvalue weighted by molar-refractivity contribution is 6.42. The molecule has 6 heteroatoms. The molecule has 2 rings (SSSR count). The molecule has 0 aliphatic heterocycles. The number of hydrogen-bond donors (Lipinski definition) is 2. The molecule has 1 amide bonds. The fourth-order valence-corrected chi connectivity index (χ4v) is 2.91. The number of halogens is 2. The van der Waals surface area contributed by atoms with Gasteiger partial charge in [0.1, 0.15) is 6.04 Å². The molecule has 1 fully saturated rings. The van der Waals surface area contributed by atoms with Crippen molar-refractivity contribution in [1.82, 2.24) is 5.32 Å². The van der Waals surface area contributed by atoms with Crippen molar-refractivity contribution >= 4 is 29.1 Å². The van der Waals surface area contributed by atoms with E-state index in [4.69, 9.17) is 23.2 Å². The van der Waals surface area contributed by atoms with Gasteiger partial charge in [0.25, 0.3) is 0 Å². The molecule has 112 valence electrons. The van der Waals surface area contributed by atoms with E-state index in [0.29, 0.717) is 28.5 Å². The minimum absolute atomic E-state index is 0.0203. The predicted octanol–water partition coefficient (Wildman–Crippen LogP) is 3.37. The van der Waals surface area contributed by atoms with Gasteiger partial charge in [-0.1, -0.05) is 42.1 Å². The van der Waals surface area contributed by atoms with Gasteiger partial charge < -0.3 is 10.4 Å². The first-order chi connectivity index (χ1) is 9.93. The van der Waals surface area contributed by atoms with E-state index >= 15 is 0 Å². The number of amides is 1. The molecule has 4 nitrogen and oxygen atoms in total. The molecule has 0 bridgehead atoms. The molecule has 1 unspecified atom stereocenters. The number of hydrogen-bond acceptors (Lipinski definition) is 3. The molecule has 21 heavy (non-hydrogen) atoms. The number of carbonyl (C=O) groups excluding carboxylic acids is 1. The monoisotopic (exact) mass is 326 g/mol. The summed E-state index contributed by atoms with van der Waals surface area (Å²) in [6.07, 6.45) is 3.14. The van der Waals surface area contributed by atoms with Crippen LogP contribution in [0.4, 0.5) is 0 Å². The highest BCUT2D eigenvalue weighted by Crippen LogP contribution is 2.32. The van der Waals surface area contributed by atoms with Crippen LogP contribution in [0.3, 0.4) is 0 Å². The zero-order chi connectivity index (χ0) is 15.5. The van der Waals surface area contributed by atoms with Crippen LogP contribution in [0.15, 0.2) is 18.2 Å². The van der Waals surface area contributed by atoms with Gasteiger partial charge in [-0.25, -0.2) is 0 Å². The van der Waals surface area contributed by atoms with E-state index in [-0.39, 0.29) is 12.3 Å². The van der Waals surface area contributed by atoms with Crippen molar-refractivity contribution in [2.45, 2.75) is 43.7 Å². The summed E-state index contributed by atoms with van der Waals surface area (Å²) in [5.74, 6) is -0.336. The Bertz CT molecular complexity index is 578. The fraction of sp³-hybridized carbons (Fsp3) is 0.467. The van der Waals surface area contributed by atoms with Crippen molar-refractivity contribution in [2.24, 2.45) is 0 Å². The molecule has 2 N–H and O–H groups in total. The molecular weight excluding hydrogens is 311 g/mol. The van der Waals surface area contributed by atoms with Gasteiger partial charge in [-0.15, -0.1) is 0 Å². The van der Waals surface area contributed by atoms with Gasteiger partial charge in [0.05, 0.1) is 28.1 Å². The first kappa shape index (κ1) is 16.1. The van der Waals surface area contributed by atoms with Gasteiger partial charge in [0.2, 0.25) is 5.91 Å². The lowest BCUT2D eigenvalue weighted by atomic mass is 9.97. The van der Waals surface area contributed by atoms with Crippen molar-refractivity contribution in [3.05, 3.63) is 33.8 Å². The van der Waals surface area contributed by atoms with Gasteiger partial charge >= 0.3 is 0 Å². The normalized spacial score (nSPS) is 18.0. The van der Waals surface area contributed by atoms with E-state index in [0.717, 1.165) is 12.8 Å². The Morgan fingerprint density at radius 2 is 2.05 bits per heavy atom. The summed E-state index contributed by atoms with van der Waals surface area (Å²) in [5.41, 5.74) is -0.361. The van der Waals surface area contributed by atoms with E-state index < -0.39 is 11.6 Å². The molecule has 1 aliphatic carbocycles. The van der Waals surface area contributed by atoms with Crippen LogP contribution >= 0.6 is 23.2 Å². The maximum Gasteiger partial charge on any atom is 0.224 e. The molecular formula is C15H16Cl2N2O2. The minimum Gasteiger partial charge on any atom is -0.389 e. The van der Waals surface area contributed by atoms with E-state index in [9.17, 15) is 15.2 Å². The summed E-state index contributed by atoms with van der Waals surface area (Å²) < 4.78 is 0. The fourth-order valence-electron chi connectivity index (χ4n) is 2.60. The third kappa shape index (κ3) is 4.10. The highest BCUT2D eigenvalue weighted by Gasteiger charge is 2.34. The van der Waals surface area contributed by atoms with Crippen LogP contribution in [-0.2, 0) is 4.79 Å². The van der Waals surface area contributed by atoms with Crippen LogP contribution in [0.25, 0.3) is 0 Å². The number of nitrogens with zero attached hydrogens (tertiary/aromatic N) is 1. The average Bonchev–Trinajstić information content (AvgIpc) is 2.85. The first-order valence-electron chi connectivity index (χ1n) is 6.80. The van der Waals surface area contributed by atoms with Crippen LogP contribution in [0.1, 0.15) is 43.7 Å². The third-order valence-corrected chi connectivity index (χ3v) is 4.47. The number of nitriles is 1. The van der Waals surface area contributed by atoms with Crippen molar-refractivity contribution in [2.75, 3.05) is 0 Å². The van der Waals surface area contributed by atoms with Crippen molar-refractivity contribution in [1.29, 1.82) is 5.26 Å². The van der Waals surface area contributed by atoms with Gasteiger partial charge in [0, 0.05) is 0 Å². The molecule has 0 spiro atoms. The minimum atomic E-state index is -0.929. The van der Waals surface area contributed by atoms with E-state index in [1.165, 1.54) is 0 Å². The Morgan fingerprint density at radius 1 is 1.38 bits per heavy atom. The number of benzene rings is 1. The quantitative estimate of drug-likeness (QED) is 0.890. The number of rotatable bonds is 4. The van der Waals surface area contributed by atoms with E-state index in [2.05, 4.69) is 5.32 Å². The Balaban J connectivity index is 2.03. The van der Waals surface area contributed by atoms with Crippen molar-refractivity contribution in [3.8, 4) is 6.07 Å². The first-order valence-corrected chi connectivity index (χ1v) is 7.55. The van der Waals surface area contributed by atoms with Gasteiger partial charge in [0.15, 0.2) is 0 Å². The topological polar surface area (TPSA) is 73.1 Å². The van der Waals surface area contributed by atoms with Gasteiger partial charge in [-0.2, -0.15) is 5.26 Å². The molecule has 0 saturated heterocycles. The summed E-state index contributed by atoms with van der Waals surface area (Å²) in [4.78, 5) is 12.0. The maximum atomic E-state index is 12.0. The van der Waals surface area contributed by atoms with Crippen molar-refractivity contribution in [3.63, 3.8) is 0 Å². The van der Waals surface area contributed by atoms with Crippen LogP contribution in [0.2, 0.25) is 10.0 Å². The second-order valence-corrected chi connectivity index (χ2v) is 6.23. The summed E-state index contributed by atoms with van der Waals surface area (Å²) in [5, 5.41) is 22.8. The van der Waals surface area contributed by atoms with Crippen LogP contribution in [0, 0.1) is 11.3 Å². The summed E-state index contributed by atoms with van der Waals surface area (Å²) in [7, 11) is 0. The predicted molar refractivity (Wildman–Crippen MR) is 81.0 cm³/mol. The zero-order valence-electron chi connectivity index (χ0n) is 11.4. The largest absolute Gasteiger partial charge is 0.389 e. The van der Waals surface area contributed by atoms with Crippen LogP contribution < -0.4 is 5.32 Å². The summed E-state index contributed by atoms with van der Waals surface area (Å²) in [6, 6.07) is 6.00. The second-order valence-electron chi connectivity index (χ2n) is 5.41. The Labute approximate surface area is 133 Å². The molecule has 1 aromatic rings. The lowest BCUT2D eigenvalue weighted by molar-refractivity contribution is -0.126.